The molecule has 1 aromatic rings. The molecule has 4 heteroatoms. The van der Waals surface area contributed by atoms with Crippen molar-refractivity contribution in [3.63, 3.8) is 0 Å². The quantitative estimate of drug-likeness (QED) is 0.449. The van der Waals surface area contributed by atoms with Gasteiger partial charge in [0.25, 0.3) is 0 Å². The number of rotatable bonds is 3. The van der Waals surface area contributed by atoms with Crippen LogP contribution in [0.4, 0.5) is 4.39 Å². The van der Waals surface area contributed by atoms with E-state index in [1.165, 1.54) is 24.3 Å². The number of benzene rings is 1. The number of ether oxygens (including phenoxy) is 1. The van der Waals surface area contributed by atoms with Crippen LogP contribution >= 0.6 is 11.6 Å². The first kappa shape index (κ1) is 11.5. The average molecular weight is 227 g/mol. The minimum Gasteiger partial charge on any atom is -0.443 e. The van der Waals surface area contributed by atoms with Gasteiger partial charge in [0.1, 0.15) is 11.7 Å². The highest BCUT2D eigenvalue weighted by Crippen LogP contribution is 2.17. The van der Waals surface area contributed by atoms with E-state index in [9.17, 15) is 9.18 Å². The van der Waals surface area contributed by atoms with Crippen LogP contribution in [-0.4, -0.2) is 11.8 Å². The molecule has 0 aliphatic rings. The number of hydrogen-bond acceptors (Lipinski definition) is 2. The normalized spacial score (nSPS) is 11.5. The Bertz CT molecular complexity index is 381. The van der Waals surface area contributed by atoms with E-state index in [1.807, 2.05) is 0 Å². The first-order valence-electron chi connectivity index (χ1n) is 4.14. The largest absolute Gasteiger partial charge is 0.443 e. The van der Waals surface area contributed by atoms with Crippen LogP contribution in [0.5, 0.6) is 0 Å². The van der Waals surface area contributed by atoms with E-state index in [2.05, 4.69) is 5.92 Å². The number of carbonyl (C=O) groups is 1. The van der Waals surface area contributed by atoms with Gasteiger partial charge in [0.15, 0.2) is 6.10 Å². The van der Waals surface area contributed by atoms with Crippen molar-refractivity contribution < 1.29 is 13.9 Å². The molecular weight excluding hydrogens is 219 g/mol. The number of terminal acetylenes is 1. The zero-order valence-corrected chi connectivity index (χ0v) is 8.50. The first-order chi connectivity index (χ1) is 7.17. The summed E-state index contributed by atoms with van der Waals surface area (Å²) in [5, 5.41) is 0. The molecule has 78 valence electrons. The molecule has 0 N–H and O–H groups in total. The summed E-state index contributed by atoms with van der Waals surface area (Å²) >= 11 is 5.26. The monoisotopic (exact) mass is 226 g/mol. The van der Waals surface area contributed by atoms with Crippen molar-refractivity contribution in [2.75, 3.05) is 5.88 Å². The predicted octanol–water partition coefficient (Wildman–Crippen LogP) is 2.28. The van der Waals surface area contributed by atoms with Gasteiger partial charge in [0.2, 0.25) is 0 Å². The zero-order valence-electron chi connectivity index (χ0n) is 7.74. The molecule has 0 spiro atoms. The Morgan fingerprint density at radius 1 is 1.53 bits per heavy atom. The van der Waals surface area contributed by atoms with Crippen molar-refractivity contribution in [3.8, 4) is 12.3 Å². The second-order valence-electron chi connectivity index (χ2n) is 2.72. The van der Waals surface area contributed by atoms with Gasteiger partial charge in [0, 0.05) is 5.56 Å². The Morgan fingerprint density at radius 3 is 2.60 bits per heavy atom. The molecule has 0 heterocycles. The fourth-order valence-corrected chi connectivity index (χ4v) is 1.06. The molecule has 0 saturated heterocycles. The van der Waals surface area contributed by atoms with Gasteiger partial charge in [-0.3, -0.25) is 4.79 Å². The van der Waals surface area contributed by atoms with E-state index < -0.39 is 12.1 Å². The van der Waals surface area contributed by atoms with Crippen molar-refractivity contribution in [2.24, 2.45) is 0 Å². The maximum Gasteiger partial charge on any atom is 0.322 e. The van der Waals surface area contributed by atoms with Crippen LogP contribution < -0.4 is 0 Å². The number of halogens is 2. The average Bonchev–Trinajstić information content (AvgIpc) is 2.27. The predicted molar refractivity (Wildman–Crippen MR) is 54.8 cm³/mol. The van der Waals surface area contributed by atoms with Gasteiger partial charge in [-0.2, -0.15) is 0 Å². The van der Waals surface area contributed by atoms with Gasteiger partial charge in [-0.25, -0.2) is 4.39 Å². The Kier molecular flexibility index (Phi) is 4.14. The number of esters is 1. The molecule has 0 aliphatic heterocycles. The smallest absolute Gasteiger partial charge is 0.322 e. The molecule has 15 heavy (non-hydrogen) atoms. The van der Waals surface area contributed by atoms with E-state index in [4.69, 9.17) is 22.8 Å². The van der Waals surface area contributed by atoms with Gasteiger partial charge in [0.05, 0.1) is 0 Å². The van der Waals surface area contributed by atoms with Crippen LogP contribution in [0.1, 0.15) is 11.7 Å². The van der Waals surface area contributed by atoms with Crippen LogP contribution in [0.3, 0.4) is 0 Å². The SMILES string of the molecule is C#C[C@@H](OC(=O)CCl)c1ccc(F)cc1. The van der Waals surface area contributed by atoms with Crippen LogP contribution in [0.25, 0.3) is 0 Å². The molecule has 0 fully saturated rings. The summed E-state index contributed by atoms with van der Waals surface area (Å²) in [5.74, 6) is 1.03. The van der Waals surface area contributed by atoms with Crippen molar-refractivity contribution in [1.29, 1.82) is 0 Å². The Morgan fingerprint density at radius 2 is 2.13 bits per heavy atom. The Hall–Kier alpha value is -1.53. The van der Waals surface area contributed by atoms with E-state index >= 15 is 0 Å². The van der Waals surface area contributed by atoms with Gasteiger partial charge in [-0.15, -0.1) is 18.0 Å². The summed E-state index contributed by atoms with van der Waals surface area (Å²) in [7, 11) is 0. The molecule has 0 saturated carbocycles. The van der Waals surface area contributed by atoms with E-state index in [0.717, 1.165) is 0 Å². The van der Waals surface area contributed by atoms with Crippen molar-refractivity contribution in [1.82, 2.24) is 0 Å². The second kappa shape index (κ2) is 5.38. The molecule has 1 aromatic carbocycles. The molecule has 0 aromatic heterocycles. The van der Waals surface area contributed by atoms with Crippen LogP contribution in [0, 0.1) is 18.2 Å². The standard InChI is InChI=1S/C11H8ClFO2/c1-2-10(15-11(14)7-12)8-3-5-9(13)6-4-8/h1,3-6,10H,7H2/t10-/m1/s1. The van der Waals surface area contributed by atoms with Gasteiger partial charge < -0.3 is 4.74 Å². The molecule has 0 radical (unpaired) electrons. The van der Waals surface area contributed by atoms with E-state index in [0.29, 0.717) is 5.56 Å². The lowest BCUT2D eigenvalue weighted by Crippen LogP contribution is -2.10. The maximum atomic E-state index is 12.6. The third-order valence-electron chi connectivity index (χ3n) is 1.68. The summed E-state index contributed by atoms with van der Waals surface area (Å²) in [6.07, 6.45) is 4.36. The van der Waals surface area contributed by atoms with Gasteiger partial charge in [-0.1, -0.05) is 18.1 Å². The first-order valence-corrected chi connectivity index (χ1v) is 4.68. The van der Waals surface area contributed by atoms with Gasteiger partial charge >= 0.3 is 5.97 Å². The number of hydrogen-bond donors (Lipinski definition) is 0. The fraction of sp³-hybridized carbons (Fsp3) is 0.182. The summed E-state index contributed by atoms with van der Waals surface area (Å²) in [6, 6.07) is 5.41. The van der Waals surface area contributed by atoms with Crippen LogP contribution in [0.15, 0.2) is 24.3 Å². The number of alkyl halides is 1. The lowest BCUT2D eigenvalue weighted by Gasteiger charge is -2.11. The van der Waals surface area contributed by atoms with Crippen molar-refractivity contribution in [2.45, 2.75) is 6.10 Å². The summed E-state index contributed by atoms with van der Waals surface area (Å²) in [6.45, 7) is 0. The molecular formula is C11H8ClFO2. The lowest BCUT2D eigenvalue weighted by molar-refractivity contribution is -0.143. The molecule has 1 rings (SSSR count). The third-order valence-corrected chi connectivity index (χ3v) is 1.90. The highest BCUT2D eigenvalue weighted by molar-refractivity contribution is 6.26. The minimum absolute atomic E-state index is 0.265. The highest BCUT2D eigenvalue weighted by Gasteiger charge is 2.12. The zero-order chi connectivity index (χ0) is 11.3. The fourth-order valence-electron chi connectivity index (χ4n) is 0.999. The Labute approximate surface area is 92.0 Å². The highest BCUT2D eigenvalue weighted by atomic mass is 35.5. The molecule has 0 amide bonds. The van der Waals surface area contributed by atoms with Crippen molar-refractivity contribution >= 4 is 17.6 Å². The van der Waals surface area contributed by atoms with Crippen LogP contribution in [-0.2, 0) is 9.53 Å². The summed E-state index contributed by atoms with van der Waals surface area (Å²) in [5.41, 5.74) is 0.539. The van der Waals surface area contributed by atoms with E-state index in [1.54, 1.807) is 0 Å². The van der Waals surface area contributed by atoms with Gasteiger partial charge in [-0.05, 0) is 12.1 Å². The maximum absolute atomic E-state index is 12.6. The topological polar surface area (TPSA) is 26.3 Å². The minimum atomic E-state index is -0.822. The molecule has 1 atom stereocenters. The molecule has 0 unspecified atom stereocenters. The molecule has 0 aliphatic carbocycles. The second-order valence-corrected chi connectivity index (χ2v) is 2.99. The summed E-state index contributed by atoms with van der Waals surface area (Å²) in [4.78, 5) is 10.9. The number of carbonyl (C=O) groups excluding carboxylic acids is 1. The Balaban J connectivity index is 2.80. The lowest BCUT2D eigenvalue weighted by atomic mass is 10.1. The molecule has 0 bridgehead atoms. The molecule has 2 nitrogen and oxygen atoms in total. The summed E-state index contributed by atoms with van der Waals surface area (Å²) < 4.78 is 17.4. The van der Waals surface area contributed by atoms with Crippen LogP contribution in [0.2, 0.25) is 0 Å². The van der Waals surface area contributed by atoms with E-state index in [-0.39, 0.29) is 11.7 Å². The third kappa shape index (κ3) is 3.26. The van der Waals surface area contributed by atoms with Crippen molar-refractivity contribution in [3.05, 3.63) is 35.6 Å².